The zero-order valence-electron chi connectivity index (χ0n) is 11.2. The van der Waals surface area contributed by atoms with Crippen LogP contribution in [0, 0.1) is 11.3 Å². The van der Waals surface area contributed by atoms with Crippen molar-refractivity contribution in [3.05, 3.63) is 65.2 Å². The van der Waals surface area contributed by atoms with Crippen LogP contribution in [0.4, 0.5) is 0 Å². The van der Waals surface area contributed by atoms with E-state index in [0.717, 1.165) is 11.1 Å². The summed E-state index contributed by atoms with van der Waals surface area (Å²) in [6.07, 6.45) is 0. The topological polar surface area (TPSA) is 90.2 Å². The lowest BCUT2D eigenvalue weighted by Gasteiger charge is -2.08. The van der Waals surface area contributed by atoms with Crippen LogP contribution in [0.1, 0.15) is 16.7 Å². The molecule has 6 heteroatoms. The number of hydrogen-bond acceptors (Lipinski definition) is 4. The molecule has 0 aliphatic rings. The number of nitrogens with one attached hydrogen (secondary N) is 1. The molecule has 2 aromatic carbocycles. The molecular weight excluding hydrogens is 288 g/mol. The quantitative estimate of drug-likeness (QED) is 0.876. The minimum Gasteiger partial charge on any atom is -0.392 e. The van der Waals surface area contributed by atoms with Gasteiger partial charge in [-0.25, -0.2) is 13.1 Å². The third kappa shape index (κ3) is 3.89. The zero-order valence-corrected chi connectivity index (χ0v) is 12.0. The van der Waals surface area contributed by atoms with E-state index in [9.17, 15) is 8.42 Å². The SMILES string of the molecule is N#Cc1ccc(S(=O)(=O)NCc2cccc(CO)c2)cc1. The molecule has 0 heterocycles. The highest BCUT2D eigenvalue weighted by Gasteiger charge is 2.13. The first-order valence-corrected chi connectivity index (χ1v) is 7.72. The van der Waals surface area contributed by atoms with Gasteiger partial charge in [-0.05, 0) is 35.4 Å². The fraction of sp³-hybridized carbons (Fsp3) is 0.133. The minimum atomic E-state index is -3.62. The van der Waals surface area contributed by atoms with Crippen LogP contribution in [0.3, 0.4) is 0 Å². The summed E-state index contributed by atoms with van der Waals surface area (Å²) < 4.78 is 26.7. The fourth-order valence-electron chi connectivity index (χ4n) is 1.81. The van der Waals surface area contributed by atoms with Gasteiger partial charge in [0.25, 0.3) is 0 Å². The largest absolute Gasteiger partial charge is 0.392 e. The van der Waals surface area contributed by atoms with Gasteiger partial charge in [0.15, 0.2) is 0 Å². The van der Waals surface area contributed by atoms with Crippen LogP contribution < -0.4 is 4.72 Å². The summed E-state index contributed by atoms with van der Waals surface area (Å²) in [4.78, 5) is 0.111. The minimum absolute atomic E-state index is 0.0871. The lowest BCUT2D eigenvalue weighted by molar-refractivity contribution is 0.281. The van der Waals surface area contributed by atoms with Gasteiger partial charge >= 0.3 is 0 Å². The number of sulfonamides is 1. The van der Waals surface area contributed by atoms with E-state index >= 15 is 0 Å². The molecule has 0 aliphatic carbocycles. The molecule has 0 saturated heterocycles. The number of hydrogen-bond donors (Lipinski definition) is 2. The third-order valence-electron chi connectivity index (χ3n) is 2.93. The molecule has 2 aromatic rings. The average molecular weight is 302 g/mol. The maximum Gasteiger partial charge on any atom is 0.240 e. The molecule has 5 nitrogen and oxygen atoms in total. The van der Waals surface area contributed by atoms with Crippen LogP contribution >= 0.6 is 0 Å². The Bertz CT molecular complexity index is 762. The van der Waals surface area contributed by atoms with Crippen molar-refractivity contribution >= 4 is 10.0 Å². The van der Waals surface area contributed by atoms with Crippen molar-refractivity contribution in [1.29, 1.82) is 5.26 Å². The van der Waals surface area contributed by atoms with E-state index in [1.54, 1.807) is 24.3 Å². The maximum atomic E-state index is 12.1. The third-order valence-corrected chi connectivity index (χ3v) is 4.35. The highest BCUT2D eigenvalue weighted by molar-refractivity contribution is 7.89. The van der Waals surface area contributed by atoms with E-state index in [-0.39, 0.29) is 18.0 Å². The predicted molar refractivity (Wildman–Crippen MR) is 77.5 cm³/mol. The number of nitriles is 1. The Labute approximate surface area is 123 Å². The van der Waals surface area contributed by atoms with Crippen molar-refractivity contribution in [2.75, 3.05) is 0 Å². The Kier molecular flexibility index (Phi) is 4.70. The molecule has 0 bridgehead atoms. The second-order valence-corrected chi connectivity index (χ2v) is 6.21. The van der Waals surface area contributed by atoms with Gasteiger partial charge in [-0.2, -0.15) is 5.26 Å². The number of rotatable bonds is 5. The van der Waals surface area contributed by atoms with Crippen molar-refractivity contribution in [2.24, 2.45) is 0 Å². The Hall–Kier alpha value is -2.20. The first-order chi connectivity index (χ1) is 10.0. The Morgan fingerprint density at radius 3 is 2.38 bits per heavy atom. The molecule has 0 radical (unpaired) electrons. The molecule has 0 atom stereocenters. The molecule has 0 spiro atoms. The summed E-state index contributed by atoms with van der Waals surface area (Å²) in [6.45, 7) is 0.0480. The van der Waals surface area contributed by atoms with Crippen molar-refractivity contribution in [1.82, 2.24) is 4.72 Å². The molecule has 21 heavy (non-hydrogen) atoms. The van der Waals surface area contributed by atoms with Gasteiger partial charge < -0.3 is 5.11 Å². The molecule has 0 amide bonds. The Morgan fingerprint density at radius 1 is 1.10 bits per heavy atom. The first kappa shape index (κ1) is 15.2. The van der Waals surface area contributed by atoms with E-state index < -0.39 is 10.0 Å². The van der Waals surface area contributed by atoms with E-state index in [1.807, 2.05) is 6.07 Å². The zero-order chi connectivity index (χ0) is 15.3. The van der Waals surface area contributed by atoms with Gasteiger partial charge in [-0.1, -0.05) is 24.3 Å². The van der Waals surface area contributed by atoms with Gasteiger partial charge in [-0.3, -0.25) is 0 Å². The molecule has 0 aliphatic heterocycles. The highest BCUT2D eigenvalue weighted by Crippen LogP contribution is 2.11. The van der Waals surface area contributed by atoms with Crippen molar-refractivity contribution < 1.29 is 13.5 Å². The van der Waals surface area contributed by atoms with Crippen molar-refractivity contribution in [2.45, 2.75) is 18.0 Å². The standard InChI is InChI=1S/C15H14N2O3S/c16-9-12-4-6-15(7-5-12)21(19,20)17-10-13-2-1-3-14(8-13)11-18/h1-8,17-18H,10-11H2. The summed E-state index contributed by atoms with van der Waals surface area (Å²) in [5.41, 5.74) is 1.90. The molecular formula is C15H14N2O3S. The van der Waals surface area contributed by atoms with Crippen LogP contribution in [-0.2, 0) is 23.2 Å². The van der Waals surface area contributed by atoms with Gasteiger partial charge in [0.1, 0.15) is 0 Å². The van der Waals surface area contributed by atoms with Gasteiger partial charge in [0.05, 0.1) is 23.1 Å². The fourth-order valence-corrected chi connectivity index (χ4v) is 2.83. The van der Waals surface area contributed by atoms with Crippen LogP contribution in [-0.4, -0.2) is 13.5 Å². The van der Waals surface area contributed by atoms with Crippen molar-refractivity contribution in [3.63, 3.8) is 0 Å². The second-order valence-electron chi connectivity index (χ2n) is 4.44. The van der Waals surface area contributed by atoms with E-state index in [4.69, 9.17) is 10.4 Å². The first-order valence-electron chi connectivity index (χ1n) is 6.23. The number of benzene rings is 2. The van der Waals surface area contributed by atoms with Crippen LogP contribution in [0.5, 0.6) is 0 Å². The van der Waals surface area contributed by atoms with Gasteiger partial charge in [0.2, 0.25) is 10.0 Å². The van der Waals surface area contributed by atoms with Gasteiger partial charge in [0, 0.05) is 6.54 Å². The molecule has 0 fully saturated rings. The lowest BCUT2D eigenvalue weighted by Crippen LogP contribution is -2.23. The molecule has 108 valence electrons. The smallest absolute Gasteiger partial charge is 0.240 e. The van der Waals surface area contributed by atoms with Crippen molar-refractivity contribution in [3.8, 4) is 6.07 Å². The summed E-state index contributed by atoms with van der Waals surface area (Å²) >= 11 is 0. The van der Waals surface area contributed by atoms with Crippen LogP contribution in [0.15, 0.2) is 53.4 Å². The second kappa shape index (κ2) is 6.50. The average Bonchev–Trinajstić information content (AvgIpc) is 2.53. The van der Waals surface area contributed by atoms with Gasteiger partial charge in [-0.15, -0.1) is 0 Å². The summed E-state index contributed by atoms with van der Waals surface area (Å²) in [5.74, 6) is 0. The van der Waals surface area contributed by atoms with Crippen LogP contribution in [0.2, 0.25) is 0 Å². The van der Waals surface area contributed by atoms with E-state index in [2.05, 4.69) is 4.72 Å². The molecule has 0 aromatic heterocycles. The number of aliphatic hydroxyl groups is 1. The normalized spacial score (nSPS) is 11.0. The van der Waals surface area contributed by atoms with E-state index in [0.29, 0.717) is 5.56 Å². The molecule has 2 rings (SSSR count). The van der Waals surface area contributed by atoms with E-state index in [1.165, 1.54) is 24.3 Å². The summed E-state index contributed by atoms with van der Waals surface area (Å²) in [7, 11) is -3.62. The lowest BCUT2D eigenvalue weighted by atomic mass is 10.1. The number of nitrogens with zero attached hydrogens (tertiary/aromatic N) is 1. The van der Waals surface area contributed by atoms with Crippen LogP contribution in [0.25, 0.3) is 0 Å². The predicted octanol–water partition coefficient (Wildman–Crippen LogP) is 1.53. The Balaban J connectivity index is 2.11. The summed E-state index contributed by atoms with van der Waals surface area (Å²) in [6, 6.07) is 14.7. The molecule has 2 N–H and O–H groups in total. The molecule has 0 unspecified atom stereocenters. The summed E-state index contributed by atoms with van der Waals surface area (Å²) in [5, 5.41) is 17.7. The maximum absolute atomic E-state index is 12.1. The number of aliphatic hydroxyl groups excluding tert-OH is 1. The monoisotopic (exact) mass is 302 g/mol. The molecule has 0 saturated carbocycles. The Morgan fingerprint density at radius 2 is 1.76 bits per heavy atom. The highest BCUT2D eigenvalue weighted by atomic mass is 32.2.